The van der Waals surface area contributed by atoms with E-state index >= 15 is 0 Å². The van der Waals surface area contributed by atoms with Gasteiger partial charge in [0.15, 0.2) is 0 Å². The number of carbonyl (C=O) groups excluding carboxylic acids is 3. The Kier molecular flexibility index (Phi) is 10.3. The average molecular weight is 575 g/mol. The summed E-state index contributed by atoms with van der Waals surface area (Å²) in [6.07, 6.45) is 0.116. The minimum Gasteiger partial charge on any atom is -0.369 e. The first-order valence-corrected chi connectivity index (χ1v) is 13.5. The molecule has 2 atom stereocenters. The molecule has 3 rings (SSSR count). The van der Waals surface area contributed by atoms with E-state index in [0.29, 0.717) is 17.0 Å². The number of nitrogens with zero attached hydrogens (tertiary/aromatic N) is 3. The van der Waals surface area contributed by atoms with Crippen LogP contribution in [0.4, 0.5) is 0 Å². The van der Waals surface area contributed by atoms with Gasteiger partial charge in [-0.2, -0.15) is 4.31 Å². The molecule has 2 aromatic carbocycles. The van der Waals surface area contributed by atoms with Gasteiger partial charge >= 0.3 is 0 Å². The van der Waals surface area contributed by atoms with E-state index in [1.165, 1.54) is 17.0 Å². The zero-order valence-electron chi connectivity index (χ0n) is 21.0. The Bertz CT molecular complexity index is 1270. The number of fused-ring (bicyclic) bond motifs is 1. The number of hydrogen-bond donors (Lipinski definition) is 2. The second-order valence-corrected chi connectivity index (χ2v) is 11.4. The predicted octanol–water partition coefficient (Wildman–Crippen LogP) is 1.58. The summed E-state index contributed by atoms with van der Waals surface area (Å²) in [5.74, 6) is -1.72. The summed E-state index contributed by atoms with van der Waals surface area (Å²) in [7, 11) is -4.28. The molecule has 4 N–H and O–H groups in total. The van der Waals surface area contributed by atoms with E-state index in [1.54, 1.807) is 36.1 Å². The Morgan fingerprint density at radius 3 is 2.35 bits per heavy atom. The van der Waals surface area contributed by atoms with Crippen molar-refractivity contribution in [3.8, 4) is 0 Å². The zero-order valence-corrected chi connectivity index (χ0v) is 23.4. The van der Waals surface area contributed by atoms with Gasteiger partial charge in [-0.15, -0.1) is 12.4 Å². The van der Waals surface area contributed by atoms with Gasteiger partial charge in [0.25, 0.3) is 0 Å². The van der Waals surface area contributed by atoms with E-state index in [2.05, 4.69) is 0 Å². The molecule has 1 saturated heterocycles. The molecule has 0 radical (unpaired) electrons. The number of benzene rings is 2. The van der Waals surface area contributed by atoms with E-state index in [9.17, 15) is 22.8 Å². The Balaban J connectivity index is 0.00000481. The number of amides is 3. The van der Waals surface area contributed by atoms with Crippen molar-refractivity contribution in [2.45, 2.75) is 50.2 Å². The molecular weight excluding hydrogens is 541 g/mol. The number of carbonyl (C=O) groups is 3. The zero-order chi connectivity index (χ0) is 26.8. The highest BCUT2D eigenvalue weighted by atomic mass is 35.5. The number of nitrogens with two attached hydrogens (primary N) is 2. The van der Waals surface area contributed by atoms with Crippen molar-refractivity contribution >= 4 is 62.5 Å². The molecule has 1 fully saturated rings. The van der Waals surface area contributed by atoms with Crippen LogP contribution in [0.3, 0.4) is 0 Å². The fraction of sp³-hybridized carbons (Fsp3) is 0.458. The van der Waals surface area contributed by atoms with Crippen molar-refractivity contribution in [3.63, 3.8) is 0 Å². The third kappa shape index (κ3) is 6.53. The summed E-state index contributed by atoms with van der Waals surface area (Å²) >= 11 is 6.02. The van der Waals surface area contributed by atoms with Gasteiger partial charge in [0, 0.05) is 30.7 Å². The van der Waals surface area contributed by atoms with Gasteiger partial charge in [0.2, 0.25) is 27.7 Å². The van der Waals surface area contributed by atoms with E-state index in [1.807, 2.05) is 13.8 Å². The minimum absolute atomic E-state index is 0. The van der Waals surface area contributed by atoms with Crippen LogP contribution >= 0.6 is 24.0 Å². The first-order valence-electron chi connectivity index (χ1n) is 11.7. The number of likely N-dealkylation sites (tertiary alicyclic amines) is 1. The molecule has 10 nitrogen and oxygen atoms in total. The lowest BCUT2D eigenvalue weighted by Gasteiger charge is -2.33. The van der Waals surface area contributed by atoms with Crippen LogP contribution in [-0.4, -0.2) is 84.5 Å². The molecule has 13 heteroatoms. The summed E-state index contributed by atoms with van der Waals surface area (Å²) < 4.78 is 28.1. The third-order valence-corrected chi connectivity index (χ3v) is 8.44. The highest BCUT2D eigenvalue weighted by Gasteiger charge is 2.45. The predicted molar refractivity (Wildman–Crippen MR) is 145 cm³/mol. The van der Waals surface area contributed by atoms with Crippen LogP contribution in [0.15, 0.2) is 41.3 Å². The van der Waals surface area contributed by atoms with E-state index in [4.69, 9.17) is 23.1 Å². The number of rotatable bonds is 10. The molecule has 0 aromatic heterocycles. The quantitative estimate of drug-likeness (QED) is 0.441. The highest BCUT2D eigenvalue weighted by Crippen LogP contribution is 2.29. The maximum Gasteiger partial charge on any atom is 0.245 e. The molecule has 2 aromatic rings. The normalized spacial score (nSPS) is 16.8. The number of hydrogen-bond acceptors (Lipinski definition) is 6. The topological polar surface area (TPSA) is 147 Å². The van der Waals surface area contributed by atoms with Gasteiger partial charge in [0.1, 0.15) is 12.1 Å². The van der Waals surface area contributed by atoms with Crippen LogP contribution in [0, 0.1) is 0 Å². The van der Waals surface area contributed by atoms with Gasteiger partial charge in [-0.25, -0.2) is 8.42 Å². The monoisotopic (exact) mass is 573 g/mol. The maximum absolute atomic E-state index is 13.6. The Hall–Kier alpha value is -2.44. The Labute approximate surface area is 228 Å². The van der Waals surface area contributed by atoms with Gasteiger partial charge in [-0.05, 0) is 62.2 Å². The molecule has 0 saturated carbocycles. The molecule has 0 spiro atoms. The van der Waals surface area contributed by atoms with Gasteiger partial charge in [-0.1, -0.05) is 23.7 Å². The molecule has 0 bridgehead atoms. The van der Waals surface area contributed by atoms with E-state index in [-0.39, 0.29) is 48.8 Å². The van der Waals surface area contributed by atoms with Crippen LogP contribution in [0.5, 0.6) is 0 Å². The molecule has 1 aliphatic heterocycles. The van der Waals surface area contributed by atoms with Crippen LogP contribution in [0.25, 0.3) is 10.8 Å². The largest absolute Gasteiger partial charge is 0.369 e. The lowest BCUT2D eigenvalue weighted by molar-refractivity contribution is -0.145. The minimum atomic E-state index is -4.28. The SMILES string of the molecule is CC(C)N(CCN)C(=O)[C@H](C)N1CC[C@H](N(CC(N)=O)S(=O)(=O)c2ccc3cc(Cl)ccc3c2)C1=O.Cl. The standard InChI is InChI=1S/C24H32ClN5O5S.ClH/c1-15(2)28(11-9-26)23(32)16(3)29-10-8-21(24(29)33)30(14-22(27)31)36(34,35)20-7-5-17-12-19(25)6-4-18(17)13-20;/h4-7,12-13,15-16,21H,8-11,14,26H2,1-3H3,(H2,27,31);1H/t16-,21-;/m0./s1. The third-order valence-electron chi connectivity index (χ3n) is 6.35. The van der Waals surface area contributed by atoms with Gasteiger partial charge in [-0.3, -0.25) is 14.4 Å². The molecule has 1 heterocycles. The summed E-state index contributed by atoms with van der Waals surface area (Å²) in [5, 5.41) is 1.88. The van der Waals surface area contributed by atoms with Crippen molar-refractivity contribution in [3.05, 3.63) is 41.4 Å². The van der Waals surface area contributed by atoms with Crippen LogP contribution in [0.2, 0.25) is 5.02 Å². The number of halogens is 2. The Morgan fingerprint density at radius 1 is 1.14 bits per heavy atom. The van der Waals surface area contributed by atoms with Crippen molar-refractivity contribution < 1.29 is 22.8 Å². The van der Waals surface area contributed by atoms with E-state index < -0.39 is 40.5 Å². The lowest BCUT2D eigenvalue weighted by Crippen LogP contribution is -2.54. The highest BCUT2D eigenvalue weighted by molar-refractivity contribution is 7.89. The Morgan fingerprint density at radius 2 is 1.76 bits per heavy atom. The second-order valence-electron chi connectivity index (χ2n) is 9.10. The first kappa shape index (κ1) is 30.8. The number of sulfonamides is 1. The molecular formula is C24H33Cl2N5O5S. The van der Waals surface area contributed by atoms with Crippen LogP contribution < -0.4 is 11.5 Å². The van der Waals surface area contributed by atoms with Gasteiger partial charge < -0.3 is 21.3 Å². The molecule has 37 heavy (non-hydrogen) atoms. The van der Waals surface area contributed by atoms with Crippen molar-refractivity contribution in [1.82, 2.24) is 14.1 Å². The summed E-state index contributed by atoms with van der Waals surface area (Å²) in [5.41, 5.74) is 11.0. The molecule has 0 unspecified atom stereocenters. The maximum atomic E-state index is 13.6. The summed E-state index contributed by atoms with van der Waals surface area (Å²) in [6, 6.07) is 7.40. The fourth-order valence-corrected chi connectivity index (χ4v) is 6.28. The molecule has 0 aliphatic carbocycles. The van der Waals surface area contributed by atoms with Crippen LogP contribution in [-0.2, 0) is 24.4 Å². The smallest absolute Gasteiger partial charge is 0.245 e. The van der Waals surface area contributed by atoms with Crippen molar-refractivity contribution in [2.24, 2.45) is 11.5 Å². The summed E-state index contributed by atoms with van der Waals surface area (Å²) in [6.45, 7) is 5.42. The van der Waals surface area contributed by atoms with Crippen LogP contribution in [0.1, 0.15) is 27.2 Å². The first-order chi connectivity index (χ1) is 16.9. The lowest BCUT2D eigenvalue weighted by atomic mass is 10.1. The molecule has 1 aliphatic rings. The fourth-order valence-electron chi connectivity index (χ4n) is 4.48. The second kappa shape index (κ2) is 12.4. The average Bonchev–Trinajstić information content (AvgIpc) is 3.19. The number of primary amides is 1. The molecule has 3 amide bonds. The van der Waals surface area contributed by atoms with Crippen molar-refractivity contribution in [2.75, 3.05) is 26.2 Å². The van der Waals surface area contributed by atoms with Gasteiger partial charge in [0.05, 0.1) is 11.4 Å². The van der Waals surface area contributed by atoms with E-state index in [0.717, 1.165) is 9.69 Å². The summed E-state index contributed by atoms with van der Waals surface area (Å²) in [4.78, 5) is 41.2. The van der Waals surface area contributed by atoms with Crippen molar-refractivity contribution in [1.29, 1.82) is 0 Å². The molecule has 204 valence electrons.